The number of amides is 1. The molecule has 0 N–H and O–H groups in total. The van der Waals surface area contributed by atoms with Crippen LogP contribution in [-0.4, -0.2) is 83.7 Å². The zero-order chi connectivity index (χ0) is 16.9. The summed E-state index contributed by atoms with van der Waals surface area (Å²) in [6.45, 7) is 9.90. The number of nitrogens with zero attached hydrogens (tertiary/aromatic N) is 5. The monoisotopic (exact) mass is 333 g/mol. The van der Waals surface area contributed by atoms with Gasteiger partial charge in [-0.2, -0.15) is 0 Å². The first-order valence-electron chi connectivity index (χ1n) is 8.79. The molecular weight excluding hydrogens is 306 g/mol. The van der Waals surface area contributed by atoms with Crippen LogP contribution in [0.5, 0.6) is 0 Å². The maximum absolute atomic E-state index is 12.6. The average molecular weight is 333 g/mol. The summed E-state index contributed by atoms with van der Waals surface area (Å²) in [5.74, 6) is 0.937. The van der Waals surface area contributed by atoms with Crippen LogP contribution < -0.4 is 4.90 Å². The number of morpholine rings is 1. The van der Waals surface area contributed by atoms with Crippen LogP contribution in [0.1, 0.15) is 20.3 Å². The normalized spacial score (nSPS) is 22.9. The smallest absolute Gasteiger partial charge is 0.225 e. The molecule has 7 nitrogen and oxygen atoms in total. The van der Waals surface area contributed by atoms with Crippen LogP contribution >= 0.6 is 0 Å². The van der Waals surface area contributed by atoms with E-state index in [4.69, 9.17) is 4.74 Å². The molecule has 0 aromatic carbocycles. The van der Waals surface area contributed by atoms with E-state index < -0.39 is 0 Å². The molecule has 0 saturated carbocycles. The first-order valence-corrected chi connectivity index (χ1v) is 8.79. The number of carbonyl (C=O) groups is 1. The van der Waals surface area contributed by atoms with Gasteiger partial charge in [0.25, 0.3) is 0 Å². The van der Waals surface area contributed by atoms with Gasteiger partial charge >= 0.3 is 0 Å². The second-order valence-electron chi connectivity index (χ2n) is 6.70. The Morgan fingerprint density at radius 2 is 1.92 bits per heavy atom. The number of anilines is 1. The highest BCUT2D eigenvalue weighted by Gasteiger charge is 2.28. The lowest BCUT2D eigenvalue weighted by molar-refractivity contribution is -0.136. The van der Waals surface area contributed by atoms with Crippen LogP contribution in [0.25, 0.3) is 0 Å². The summed E-state index contributed by atoms with van der Waals surface area (Å²) in [7, 11) is 0. The van der Waals surface area contributed by atoms with Gasteiger partial charge < -0.3 is 14.5 Å². The number of hydrogen-bond acceptors (Lipinski definition) is 6. The van der Waals surface area contributed by atoms with Crippen molar-refractivity contribution in [3.05, 3.63) is 18.5 Å². The Morgan fingerprint density at radius 1 is 1.21 bits per heavy atom. The summed E-state index contributed by atoms with van der Waals surface area (Å²) in [5, 5.41) is 0. The molecule has 1 amide bonds. The Bertz CT molecular complexity index is 531. The number of ether oxygens (including phenoxy) is 1. The molecule has 7 heteroatoms. The maximum Gasteiger partial charge on any atom is 0.225 e. The van der Waals surface area contributed by atoms with Crippen LogP contribution in [0.2, 0.25) is 0 Å². The van der Waals surface area contributed by atoms with Crippen molar-refractivity contribution in [1.29, 1.82) is 0 Å². The van der Waals surface area contributed by atoms with Gasteiger partial charge in [-0.15, -0.1) is 0 Å². The molecule has 1 aromatic rings. The fourth-order valence-corrected chi connectivity index (χ4v) is 3.27. The third kappa shape index (κ3) is 4.21. The van der Waals surface area contributed by atoms with Gasteiger partial charge in [0.1, 0.15) is 0 Å². The fraction of sp³-hybridized carbons (Fsp3) is 0.706. The van der Waals surface area contributed by atoms with Gasteiger partial charge in [-0.05, 0) is 19.9 Å². The minimum Gasteiger partial charge on any atom is -0.375 e. The summed E-state index contributed by atoms with van der Waals surface area (Å²) < 4.78 is 5.79. The number of aromatic nitrogens is 2. The molecule has 0 spiro atoms. The zero-order valence-corrected chi connectivity index (χ0v) is 14.6. The molecule has 2 saturated heterocycles. The number of piperazine rings is 1. The van der Waals surface area contributed by atoms with Crippen molar-refractivity contribution >= 4 is 11.9 Å². The van der Waals surface area contributed by atoms with Crippen molar-refractivity contribution in [1.82, 2.24) is 19.8 Å². The molecule has 1 atom stereocenters. The molecule has 1 aromatic heterocycles. The lowest BCUT2D eigenvalue weighted by atomic mass is 10.1. The highest BCUT2D eigenvalue weighted by atomic mass is 16.5. The zero-order valence-electron chi connectivity index (χ0n) is 14.6. The van der Waals surface area contributed by atoms with Crippen molar-refractivity contribution in [3.8, 4) is 0 Å². The number of hydrogen-bond donors (Lipinski definition) is 0. The lowest BCUT2D eigenvalue weighted by Crippen LogP contribution is -2.51. The highest BCUT2D eigenvalue weighted by molar-refractivity contribution is 5.77. The standard InChI is InChI=1S/C17H27N5O2/c1-14(2)22-10-11-24-15(13-22)12-16(23)20-6-8-21(9-7-20)17-18-4-3-5-19-17/h3-5,14-15H,6-13H2,1-2H3/t15-/m0/s1. The lowest BCUT2D eigenvalue weighted by Gasteiger charge is -2.38. The van der Waals surface area contributed by atoms with Crippen LogP contribution in [-0.2, 0) is 9.53 Å². The van der Waals surface area contributed by atoms with E-state index in [1.165, 1.54) is 0 Å². The molecule has 3 heterocycles. The molecule has 0 bridgehead atoms. The molecule has 132 valence electrons. The Labute approximate surface area is 143 Å². The summed E-state index contributed by atoms with van der Waals surface area (Å²) in [5.41, 5.74) is 0. The molecule has 0 aliphatic carbocycles. The third-order valence-corrected chi connectivity index (χ3v) is 4.77. The number of rotatable bonds is 4. The van der Waals surface area contributed by atoms with E-state index in [2.05, 4.69) is 33.6 Å². The second kappa shape index (κ2) is 7.90. The van der Waals surface area contributed by atoms with Crippen LogP contribution in [0.4, 0.5) is 5.95 Å². The van der Waals surface area contributed by atoms with E-state index >= 15 is 0 Å². The van der Waals surface area contributed by atoms with E-state index in [9.17, 15) is 4.79 Å². The van der Waals surface area contributed by atoms with Gasteiger partial charge in [-0.1, -0.05) is 0 Å². The van der Waals surface area contributed by atoms with Crippen molar-refractivity contribution in [2.75, 3.05) is 50.8 Å². The molecule has 2 aliphatic rings. The van der Waals surface area contributed by atoms with Crippen LogP contribution in [0.3, 0.4) is 0 Å². The molecule has 2 fully saturated rings. The molecule has 2 aliphatic heterocycles. The van der Waals surface area contributed by atoms with Crippen LogP contribution in [0.15, 0.2) is 18.5 Å². The minimum absolute atomic E-state index is 0.0177. The Hall–Kier alpha value is -1.73. The van der Waals surface area contributed by atoms with E-state index in [0.717, 1.165) is 51.8 Å². The molecule has 0 unspecified atom stereocenters. The van der Waals surface area contributed by atoms with E-state index in [1.807, 2.05) is 11.0 Å². The van der Waals surface area contributed by atoms with E-state index in [1.54, 1.807) is 12.4 Å². The van der Waals surface area contributed by atoms with Crippen molar-refractivity contribution in [2.24, 2.45) is 0 Å². The summed E-state index contributed by atoms with van der Waals surface area (Å²) in [4.78, 5) is 27.6. The first kappa shape index (κ1) is 17.1. The SMILES string of the molecule is CC(C)N1CCO[C@@H](CC(=O)N2CCN(c3ncccn3)CC2)C1. The van der Waals surface area contributed by atoms with E-state index in [0.29, 0.717) is 12.5 Å². The van der Waals surface area contributed by atoms with Gasteiger partial charge in [-0.3, -0.25) is 9.69 Å². The minimum atomic E-state index is 0.0177. The van der Waals surface area contributed by atoms with Crippen LogP contribution in [0, 0.1) is 0 Å². The maximum atomic E-state index is 12.6. The predicted octanol–water partition coefficient (Wildman–Crippen LogP) is 0.625. The molecule has 3 rings (SSSR count). The average Bonchev–Trinajstić information content (AvgIpc) is 2.63. The summed E-state index contributed by atoms with van der Waals surface area (Å²) in [6, 6.07) is 2.31. The Balaban J connectivity index is 1.47. The summed E-state index contributed by atoms with van der Waals surface area (Å²) >= 11 is 0. The molecule has 24 heavy (non-hydrogen) atoms. The van der Waals surface area contributed by atoms with E-state index in [-0.39, 0.29) is 12.0 Å². The number of carbonyl (C=O) groups excluding carboxylic acids is 1. The predicted molar refractivity (Wildman–Crippen MR) is 91.9 cm³/mol. The van der Waals surface area contributed by atoms with Gasteiger partial charge in [0.05, 0.1) is 19.1 Å². The van der Waals surface area contributed by atoms with Gasteiger partial charge in [-0.25, -0.2) is 9.97 Å². The van der Waals surface area contributed by atoms with Gasteiger partial charge in [0.2, 0.25) is 11.9 Å². The Morgan fingerprint density at radius 3 is 2.58 bits per heavy atom. The highest BCUT2D eigenvalue weighted by Crippen LogP contribution is 2.15. The Kier molecular flexibility index (Phi) is 5.63. The van der Waals surface area contributed by atoms with Crippen molar-refractivity contribution in [3.63, 3.8) is 0 Å². The van der Waals surface area contributed by atoms with Crippen molar-refractivity contribution < 1.29 is 9.53 Å². The van der Waals surface area contributed by atoms with Gasteiger partial charge in [0, 0.05) is 57.7 Å². The second-order valence-corrected chi connectivity index (χ2v) is 6.70. The summed E-state index contributed by atoms with van der Waals surface area (Å²) in [6.07, 6.45) is 4.00. The van der Waals surface area contributed by atoms with Crippen molar-refractivity contribution in [2.45, 2.75) is 32.4 Å². The molecular formula is C17H27N5O2. The third-order valence-electron chi connectivity index (χ3n) is 4.77. The first-order chi connectivity index (χ1) is 11.6. The fourth-order valence-electron chi connectivity index (χ4n) is 3.27. The largest absolute Gasteiger partial charge is 0.375 e. The topological polar surface area (TPSA) is 61.8 Å². The molecule has 0 radical (unpaired) electrons. The quantitative estimate of drug-likeness (QED) is 0.805. The van der Waals surface area contributed by atoms with Gasteiger partial charge in [0.15, 0.2) is 0 Å².